The smallest absolute Gasteiger partial charge is 0.309 e. The van der Waals surface area contributed by atoms with Crippen LogP contribution in [-0.2, 0) is 9.53 Å². The second-order valence-electron chi connectivity index (χ2n) is 12.0. The molecule has 31 heavy (non-hydrogen) atoms. The Labute approximate surface area is 192 Å². The fourth-order valence-corrected chi connectivity index (χ4v) is 7.36. The van der Waals surface area contributed by atoms with E-state index < -0.39 is 0 Å². The van der Waals surface area contributed by atoms with Crippen molar-refractivity contribution in [1.82, 2.24) is 0 Å². The van der Waals surface area contributed by atoms with Crippen LogP contribution in [0.5, 0.6) is 0 Å². The molecule has 0 radical (unpaired) electrons. The molecule has 0 aromatic rings. The lowest BCUT2D eigenvalue weighted by Crippen LogP contribution is -2.29. The Bertz CT molecular complexity index is 501. The van der Waals surface area contributed by atoms with Crippen LogP contribution in [0, 0.1) is 29.6 Å². The third kappa shape index (κ3) is 7.78. The molecule has 0 bridgehead atoms. The van der Waals surface area contributed by atoms with E-state index in [9.17, 15) is 4.79 Å². The van der Waals surface area contributed by atoms with Crippen LogP contribution in [0.15, 0.2) is 0 Å². The van der Waals surface area contributed by atoms with Crippen LogP contribution in [0.4, 0.5) is 0 Å². The topological polar surface area (TPSA) is 26.3 Å². The van der Waals surface area contributed by atoms with Gasteiger partial charge in [-0.25, -0.2) is 0 Å². The molecule has 4 aliphatic rings. The number of hydrogen-bond donors (Lipinski definition) is 0. The average Bonchev–Trinajstić information content (AvgIpc) is 2.84. The highest BCUT2D eigenvalue weighted by Gasteiger charge is 2.30. The summed E-state index contributed by atoms with van der Waals surface area (Å²) in [4.78, 5) is 12.5. The first-order chi connectivity index (χ1) is 15.3. The first-order valence-electron chi connectivity index (χ1n) is 14.5. The summed E-state index contributed by atoms with van der Waals surface area (Å²) in [6.07, 6.45) is 30.4. The summed E-state index contributed by atoms with van der Waals surface area (Å²) in [5, 5.41) is 0. The summed E-state index contributed by atoms with van der Waals surface area (Å²) in [6.45, 7) is 0. The lowest BCUT2D eigenvalue weighted by molar-refractivity contribution is -0.157. The summed E-state index contributed by atoms with van der Waals surface area (Å²) >= 11 is 0. The number of carbonyl (C=O) groups is 1. The van der Waals surface area contributed by atoms with Gasteiger partial charge in [0.15, 0.2) is 0 Å². The van der Waals surface area contributed by atoms with Gasteiger partial charge in [0.2, 0.25) is 0 Å². The van der Waals surface area contributed by atoms with Gasteiger partial charge in [0, 0.05) is 0 Å². The third-order valence-corrected chi connectivity index (χ3v) is 9.67. The van der Waals surface area contributed by atoms with Gasteiger partial charge < -0.3 is 4.74 Å². The highest BCUT2D eigenvalue weighted by atomic mass is 16.5. The predicted molar refractivity (Wildman–Crippen MR) is 129 cm³/mol. The number of carbonyl (C=O) groups excluding carboxylic acids is 1. The lowest BCUT2D eigenvalue weighted by Gasteiger charge is -2.32. The van der Waals surface area contributed by atoms with Gasteiger partial charge in [0.05, 0.1) is 5.92 Å². The van der Waals surface area contributed by atoms with Gasteiger partial charge in [-0.05, 0) is 75.0 Å². The van der Waals surface area contributed by atoms with Crippen molar-refractivity contribution in [2.45, 2.75) is 147 Å². The largest absolute Gasteiger partial charge is 0.462 e. The number of hydrogen-bond acceptors (Lipinski definition) is 2. The van der Waals surface area contributed by atoms with Gasteiger partial charge in [-0.15, -0.1) is 0 Å². The van der Waals surface area contributed by atoms with E-state index in [1.165, 1.54) is 116 Å². The molecule has 0 aromatic heterocycles. The molecule has 2 heteroatoms. The highest BCUT2D eigenvalue weighted by molar-refractivity contribution is 5.72. The summed E-state index contributed by atoms with van der Waals surface area (Å²) in [5.74, 6) is 4.34. The van der Waals surface area contributed by atoms with E-state index in [-0.39, 0.29) is 18.0 Å². The Morgan fingerprint density at radius 1 is 0.484 bits per heavy atom. The molecule has 0 saturated heterocycles. The maximum absolute atomic E-state index is 12.5. The molecule has 4 rings (SSSR count). The number of ether oxygens (including phenoxy) is 1. The molecule has 0 aliphatic heterocycles. The van der Waals surface area contributed by atoms with E-state index in [2.05, 4.69) is 0 Å². The Morgan fingerprint density at radius 2 is 0.871 bits per heavy atom. The Morgan fingerprint density at radius 3 is 1.35 bits per heavy atom. The van der Waals surface area contributed by atoms with E-state index in [1.54, 1.807) is 0 Å². The zero-order chi connectivity index (χ0) is 21.3. The molecule has 2 nitrogen and oxygen atoms in total. The van der Waals surface area contributed by atoms with Gasteiger partial charge >= 0.3 is 5.97 Å². The van der Waals surface area contributed by atoms with Crippen LogP contribution in [0.25, 0.3) is 0 Å². The molecule has 0 aromatic carbocycles. The van der Waals surface area contributed by atoms with Gasteiger partial charge in [-0.3, -0.25) is 4.79 Å². The van der Waals surface area contributed by atoms with Crippen molar-refractivity contribution in [1.29, 1.82) is 0 Å². The van der Waals surface area contributed by atoms with E-state index in [1.807, 2.05) is 0 Å². The molecular formula is C29H50O2. The number of rotatable bonds is 8. The van der Waals surface area contributed by atoms with Crippen molar-refractivity contribution in [3.63, 3.8) is 0 Å². The molecule has 4 aliphatic carbocycles. The summed E-state index contributed by atoms with van der Waals surface area (Å²) in [5.41, 5.74) is 0. The average molecular weight is 431 g/mol. The van der Waals surface area contributed by atoms with Crippen molar-refractivity contribution >= 4 is 5.97 Å². The molecule has 4 fully saturated rings. The first kappa shape index (κ1) is 23.6. The molecule has 178 valence electrons. The minimum Gasteiger partial charge on any atom is -0.462 e. The van der Waals surface area contributed by atoms with E-state index in [0.29, 0.717) is 0 Å². The van der Waals surface area contributed by atoms with Crippen molar-refractivity contribution in [2.75, 3.05) is 0 Å². The van der Waals surface area contributed by atoms with Crippen LogP contribution < -0.4 is 0 Å². The van der Waals surface area contributed by atoms with E-state index in [4.69, 9.17) is 4.74 Å². The van der Waals surface area contributed by atoms with Crippen LogP contribution in [-0.4, -0.2) is 12.1 Å². The van der Waals surface area contributed by atoms with Crippen molar-refractivity contribution in [3.05, 3.63) is 0 Å². The summed E-state index contributed by atoms with van der Waals surface area (Å²) < 4.78 is 5.85. The quantitative estimate of drug-likeness (QED) is 0.360. The molecule has 0 atom stereocenters. The fraction of sp³-hybridized carbons (Fsp3) is 0.966. The Balaban J connectivity index is 1.05. The van der Waals surface area contributed by atoms with Crippen LogP contribution >= 0.6 is 0 Å². The van der Waals surface area contributed by atoms with Gasteiger partial charge in [0.25, 0.3) is 0 Å². The predicted octanol–water partition coefficient (Wildman–Crippen LogP) is 8.62. The maximum atomic E-state index is 12.5. The van der Waals surface area contributed by atoms with E-state index >= 15 is 0 Å². The Kier molecular flexibility index (Phi) is 9.63. The SMILES string of the molecule is O=C(OC1CCCCC1)C1CCC(CCC2CCC(CCC3CCCCC3)CC2)CC1. The van der Waals surface area contributed by atoms with Gasteiger partial charge in [-0.1, -0.05) is 89.9 Å². The minimum atomic E-state index is 0.136. The van der Waals surface area contributed by atoms with Gasteiger partial charge in [0.1, 0.15) is 6.10 Å². The second kappa shape index (κ2) is 12.6. The molecular weight excluding hydrogens is 380 g/mol. The van der Waals surface area contributed by atoms with Crippen LogP contribution in [0.2, 0.25) is 0 Å². The summed E-state index contributed by atoms with van der Waals surface area (Å²) in [7, 11) is 0. The van der Waals surface area contributed by atoms with Crippen LogP contribution in [0.3, 0.4) is 0 Å². The van der Waals surface area contributed by atoms with E-state index in [0.717, 1.165) is 49.4 Å². The molecule has 0 amide bonds. The zero-order valence-corrected chi connectivity index (χ0v) is 20.3. The maximum Gasteiger partial charge on any atom is 0.309 e. The molecule has 0 unspecified atom stereocenters. The standard InChI is InChI=1S/C29H50O2/c30-29(31-28-9-5-2-6-10-28)27-21-19-26(20-22-27)18-17-25-15-13-24(14-16-25)12-11-23-7-3-1-4-8-23/h23-28H,1-22H2. The normalized spacial score (nSPS) is 33.8. The lowest BCUT2D eigenvalue weighted by atomic mass is 9.74. The molecule has 0 spiro atoms. The van der Waals surface area contributed by atoms with Crippen LogP contribution in [0.1, 0.15) is 141 Å². The molecule has 0 N–H and O–H groups in total. The summed E-state index contributed by atoms with van der Waals surface area (Å²) in [6, 6.07) is 0. The molecule has 4 saturated carbocycles. The third-order valence-electron chi connectivity index (χ3n) is 9.67. The number of esters is 1. The van der Waals surface area contributed by atoms with Gasteiger partial charge in [-0.2, -0.15) is 0 Å². The monoisotopic (exact) mass is 430 g/mol. The second-order valence-corrected chi connectivity index (χ2v) is 12.0. The minimum absolute atomic E-state index is 0.136. The first-order valence-corrected chi connectivity index (χ1v) is 14.5. The zero-order valence-electron chi connectivity index (χ0n) is 20.3. The fourth-order valence-electron chi connectivity index (χ4n) is 7.36. The highest BCUT2D eigenvalue weighted by Crippen LogP contribution is 2.39. The van der Waals surface area contributed by atoms with Crippen molar-refractivity contribution < 1.29 is 9.53 Å². The van der Waals surface area contributed by atoms with Crippen molar-refractivity contribution in [3.8, 4) is 0 Å². The van der Waals surface area contributed by atoms with Crippen molar-refractivity contribution in [2.24, 2.45) is 29.6 Å². The molecule has 0 heterocycles. The Hall–Kier alpha value is -0.530.